The Balaban J connectivity index is 1.46. The minimum atomic E-state index is -0.733. The van der Waals surface area contributed by atoms with Crippen molar-refractivity contribution in [3.05, 3.63) is 77.9 Å². The molecule has 32 heavy (non-hydrogen) atoms. The molecule has 1 aliphatic heterocycles. The summed E-state index contributed by atoms with van der Waals surface area (Å²) in [6, 6.07) is 22.1. The number of likely N-dealkylation sites (tertiary alicyclic amines) is 1. The van der Waals surface area contributed by atoms with Gasteiger partial charge < -0.3 is 9.52 Å². The number of fused-ring (bicyclic) bond motifs is 1. The molecule has 162 valence electrons. The monoisotopic (exact) mass is 426 g/mol. The maximum atomic E-state index is 11.6. The largest absolute Gasteiger partial charge is 0.480 e. The number of aliphatic carboxylic acids is 1. The number of carbonyl (C=O) groups is 1. The van der Waals surface area contributed by atoms with E-state index in [-0.39, 0.29) is 0 Å². The van der Waals surface area contributed by atoms with E-state index < -0.39 is 12.0 Å². The summed E-state index contributed by atoms with van der Waals surface area (Å²) in [5.41, 5.74) is 7.03. The predicted molar refractivity (Wildman–Crippen MR) is 125 cm³/mol. The number of nitrogens with zero attached hydrogens (tertiary/aromatic N) is 2. The quantitative estimate of drug-likeness (QED) is 0.430. The zero-order chi connectivity index (χ0) is 22.1. The van der Waals surface area contributed by atoms with E-state index in [0.29, 0.717) is 18.9 Å². The van der Waals surface area contributed by atoms with Crippen LogP contribution in [0.1, 0.15) is 30.4 Å². The number of hydrogen-bond acceptors (Lipinski definition) is 4. The van der Waals surface area contributed by atoms with Crippen LogP contribution in [0.3, 0.4) is 0 Å². The lowest BCUT2D eigenvalue weighted by molar-refractivity contribution is -0.144. The molecular formula is C27H26N2O3. The Kier molecular flexibility index (Phi) is 5.50. The average molecular weight is 427 g/mol. The SMILES string of the molecule is Cc1c(-c2ccccc2)cccc1-c1nc2cc(CN3CCCC[C@H]3C(=O)O)ccc2o1. The highest BCUT2D eigenvalue weighted by Gasteiger charge is 2.28. The van der Waals surface area contributed by atoms with E-state index in [2.05, 4.69) is 30.0 Å². The standard InChI is InChI=1S/C27H26N2O3/c1-18-21(20-8-3-2-4-9-20)10-7-11-22(18)26-28-23-16-19(13-14-25(23)32-26)17-29-15-6-5-12-24(29)27(30)31/h2-4,7-11,13-14,16,24H,5-6,12,15,17H2,1H3,(H,30,31)/t24-/m0/s1. The van der Waals surface area contributed by atoms with Crippen molar-refractivity contribution in [2.75, 3.05) is 6.54 Å². The molecule has 0 spiro atoms. The molecule has 0 amide bonds. The molecule has 0 bridgehead atoms. The van der Waals surface area contributed by atoms with E-state index in [9.17, 15) is 9.90 Å². The van der Waals surface area contributed by atoms with Crippen LogP contribution in [0.25, 0.3) is 33.7 Å². The Bertz CT molecular complexity index is 1260. The summed E-state index contributed by atoms with van der Waals surface area (Å²) >= 11 is 0. The van der Waals surface area contributed by atoms with Crippen LogP contribution in [0.15, 0.2) is 71.1 Å². The first-order valence-electron chi connectivity index (χ1n) is 11.1. The Morgan fingerprint density at radius 2 is 1.88 bits per heavy atom. The molecule has 1 atom stereocenters. The lowest BCUT2D eigenvalue weighted by Crippen LogP contribution is -2.43. The van der Waals surface area contributed by atoms with Gasteiger partial charge in [0.25, 0.3) is 0 Å². The van der Waals surface area contributed by atoms with Crippen LogP contribution in [0.2, 0.25) is 0 Å². The highest BCUT2D eigenvalue weighted by molar-refractivity contribution is 5.80. The van der Waals surface area contributed by atoms with Gasteiger partial charge in [0.05, 0.1) is 0 Å². The van der Waals surface area contributed by atoms with Crippen molar-refractivity contribution in [3.8, 4) is 22.6 Å². The van der Waals surface area contributed by atoms with Gasteiger partial charge in [-0.3, -0.25) is 9.69 Å². The first-order chi connectivity index (χ1) is 15.6. The lowest BCUT2D eigenvalue weighted by atomic mass is 9.96. The molecule has 3 aromatic carbocycles. The zero-order valence-electron chi connectivity index (χ0n) is 18.1. The Hall–Kier alpha value is -3.44. The van der Waals surface area contributed by atoms with Crippen molar-refractivity contribution < 1.29 is 14.3 Å². The van der Waals surface area contributed by atoms with Crippen molar-refractivity contribution >= 4 is 17.1 Å². The summed E-state index contributed by atoms with van der Waals surface area (Å²) < 4.78 is 6.11. The second-order valence-electron chi connectivity index (χ2n) is 8.49. The topological polar surface area (TPSA) is 66.6 Å². The number of benzene rings is 3. The molecule has 1 saturated heterocycles. The van der Waals surface area contributed by atoms with Gasteiger partial charge in [0.15, 0.2) is 5.58 Å². The number of piperidine rings is 1. The second-order valence-corrected chi connectivity index (χ2v) is 8.49. The molecule has 0 aliphatic carbocycles. The van der Waals surface area contributed by atoms with Gasteiger partial charge in [0.2, 0.25) is 5.89 Å². The highest BCUT2D eigenvalue weighted by Crippen LogP contribution is 2.33. The molecular weight excluding hydrogens is 400 g/mol. The van der Waals surface area contributed by atoms with Crippen molar-refractivity contribution in [1.29, 1.82) is 0 Å². The molecule has 0 unspecified atom stereocenters. The molecule has 5 nitrogen and oxygen atoms in total. The molecule has 5 rings (SSSR count). The summed E-state index contributed by atoms with van der Waals surface area (Å²) in [6.45, 7) is 3.52. The van der Waals surface area contributed by atoms with Crippen molar-refractivity contribution in [2.24, 2.45) is 0 Å². The lowest BCUT2D eigenvalue weighted by Gasteiger charge is -2.32. The van der Waals surface area contributed by atoms with Crippen molar-refractivity contribution in [3.63, 3.8) is 0 Å². The van der Waals surface area contributed by atoms with Crippen molar-refractivity contribution in [2.45, 2.75) is 38.8 Å². The molecule has 0 saturated carbocycles. The Morgan fingerprint density at radius 3 is 2.69 bits per heavy atom. The van der Waals surface area contributed by atoms with E-state index in [1.807, 2.05) is 48.5 Å². The molecule has 0 radical (unpaired) electrons. The Morgan fingerprint density at radius 1 is 1.06 bits per heavy atom. The van der Waals surface area contributed by atoms with E-state index >= 15 is 0 Å². The smallest absolute Gasteiger partial charge is 0.320 e. The molecule has 4 aromatic rings. The maximum Gasteiger partial charge on any atom is 0.320 e. The van der Waals surface area contributed by atoms with E-state index in [0.717, 1.165) is 52.7 Å². The minimum absolute atomic E-state index is 0.407. The fourth-order valence-electron chi connectivity index (χ4n) is 4.68. The summed E-state index contributed by atoms with van der Waals surface area (Å²) in [4.78, 5) is 18.5. The van der Waals surface area contributed by atoms with Gasteiger partial charge in [-0.05, 0) is 66.8 Å². The molecule has 1 aromatic heterocycles. The van der Waals surface area contributed by atoms with E-state index in [4.69, 9.17) is 9.40 Å². The molecule has 2 heterocycles. The third-order valence-corrected chi connectivity index (χ3v) is 6.39. The maximum absolute atomic E-state index is 11.6. The molecule has 1 fully saturated rings. The summed E-state index contributed by atoms with van der Waals surface area (Å²) in [7, 11) is 0. The number of hydrogen-bond donors (Lipinski definition) is 1. The zero-order valence-corrected chi connectivity index (χ0v) is 18.1. The van der Waals surface area contributed by atoms with E-state index in [1.54, 1.807) is 0 Å². The first-order valence-corrected chi connectivity index (χ1v) is 11.1. The van der Waals surface area contributed by atoms with Gasteiger partial charge in [-0.15, -0.1) is 0 Å². The predicted octanol–water partition coefficient (Wildman–Crippen LogP) is 5.91. The third kappa shape index (κ3) is 3.92. The van der Waals surface area contributed by atoms with Gasteiger partial charge >= 0.3 is 5.97 Å². The highest BCUT2D eigenvalue weighted by atomic mass is 16.4. The van der Waals surface area contributed by atoms with Crippen LogP contribution in [-0.2, 0) is 11.3 Å². The van der Waals surface area contributed by atoms with Gasteiger partial charge in [0.1, 0.15) is 11.6 Å². The summed E-state index contributed by atoms with van der Waals surface area (Å²) in [5.74, 6) is -0.128. The summed E-state index contributed by atoms with van der Waals surface area (Å²) in [5, 5.41) is 9.55. The van der Waals surface area contributed by atoms with Gasteiger partial charge in [-0.2, -0.15) is 0 Å². The third-order valence-electron chi connectivity index (χ3n) is 6.39. The van der Waals surface area contributed by atoms with Crippen LogP contribution in [0.5, 0.6) is 0 Å². The van der Waals surface area contributed by atoms with E-state index in [1.165, 1.54) is 5.56 Å². The van der Waals surface area contributed by atoms with Crippen LogP contribution in [0, 0.1) is 6.92 Å². The Labute approximate surface area is 187 Å². The summed E-state index contributed by atoms with van der Waals surface area (Å²) in [6.07, 6.45) is 2.72. The van der Waals surface area contributed by atoms with Gasteiger partial charge in [-0.25, -0.2) is 4.98 Å². The number of carboxylic acid groups (broad SMARTS) is 1. The minimum Gasteiger partial charge on any atom is -0.480 e. The van der Waals surface area contributed by atoms with Crippen LogP contribution in [0.4, 0.5) is 0 Å². The van der Waals surface area contributed by atoms with Gasteiger partial charge in [-0.1, -0.05) is 55.0 Å². The number of aromatic nitrogens is 1. The number of oxazole rings is 1. The van der Waals surface area contributed by atoms with Crippen LogP contribution < -0.4 is 0 Å². The number of rotatable bonds is 5. The van der Waals surface area contributed by atoms with Gasteiger partial charge in [0, 0.05) is 12.1 Å². The van der Waals surface area contributed by atoms with Crippen molar-refractivity contribution in [1.82, 2.24) is 9.88 Å². The molecule has 1 aliphatic rings. The van der Waals surface area contributed by atoms with Crippen LogP contribution in [-0.4, -0.2) is 33.5 Å². The first kappa shape index (κ1) is 20.5. The second kappa shape index (κ2) is 8.60. The molecule has 1 N–H and O–H groups in total. The molecule has 5 heteroatoms. The number of carboxylic acids is 1. The normalized spacial score (nSPS) is 17.0. The average Bonchev–Trinajstić information content (AvgIpc) is 3.23. The fourth-order valence-corrected chi connectivity index (χ4v) is 4.68. The van der Waals surface area contributed by atoms with Crippen LogP contribution >= 0.6 is 0 Å². The fraction of sp³-hybridized carbons (Fsp3) is 0.259.